The molecule has 2 amide bonds. The number of fused-ring (bicyclic) bond motifs is 3. The Hall–Kier alpha value is -6.11. The Balaban J connectivity index is 1.10. The first kappa shape index (κ1) is 38.4. The number of nitrogens with zero attached hydrogens (tertiary/aromatic N) is 4. The molecule has 0 unspecified atom stereocenters. The first-order chi connectivity index (χ1) is 28.7. The van der Waals surface area contributed by atoms with Crippen LogP contribution in [0.2, 0.25) is 0 Å². The van der Waals surface area contributed by atoms with Crippen molar-refractivity contribution in [2.45, 2.75) is 44.2 Å². The number of likely N-dealkylation sites (N-methyl/N-ethyl adjacent to an activating group) is 2. The second-order valence-corrected chi connectivity index (χ2v) is 15.6. The maximum atomic E-state index is 12.9. The molecule has 5 aliphatic rings. The topological polar surface area (TPSA) is 112 Å². The molecule has 1 aromatic heterocycles. The van der Waals surface area contributed by atoms with Crippen molar-refractivity contribution in [1.29, 1.82) is 0 Å². The molecule has 59 heavy (non-hydrogen) atoms. The molecule has 0 saturated heterocycles. The van der Waals surface area contributed by atoms with Gasteiger partial charge in [0.2, 0.25) is 5.75 Å². The number of hydrogen-bond acceptors (Lipinski definition) is 11. The number of imide groups is 1. The first-order valence-electron chi connectivity index (χ1n) is 20.1. The number of aromatic nitrogens is 1. The van der Waals surface area contributed by atoms with Crippen molar-refractivity contribution >= 4 is 11.8 Å². The molecule has 4 aromatic carbocycles. The lowest BCUT2D eigenvalue weighted by molar-refractivity contribution is 0.0646. The van der Waals surface area contributed by atoms with Crippen LogP contribution in [0.15, 0.2) is 79.1 Å². The standard InChI is InChI=1S/C47H48N4O8/c1-49-18-14-30-24-39(54-3)41-26-34(30)36(49)21-28-7-10-32(11-8-28)58-40-23-29(22-37-43-31(15-19-50(37)2)25-42(55-4)44(56-5)45(43)59-41)9-12-38(40)57-20-6-17-51-46(52)33-13-16-48-27-35(33)47(51)53/h7-13,16,23-27,36-37H,6,14-15,17-22H2,1-5H3/t36-,37+/m0/s1. The molecule has 304 valence electrons. The van der Waals surface area contributed by atoms with E-state index in [0.29, 0.717) is 70.0 Å². The zero-order valence-electron chi connectivity index (χ0n) is 34.1. The lowest BCUT2D eigenvalue weighted by Gasteiger charge is -2.37. The normalized spacial score (nSPS) is 18.6. The average molecular weight is 797 g/mol. The van der Waals surface area contributed by atoms with Crippen LogP contribution in [-0.2, 0) is 25.7 Å². The summed E-state index contributed by atoms with van der Waals surface area (Å²) in [6.45, 7) is 2.24. The molecule has 12 nitrogen and oxygen atoms in total. The molecule has 10 rings (SSSR count). The molecule has 0 spiro atoms. The van der Waals surface area contributed by atoms with Crippen molar-refractivity contribution in [3.63, 3.8) is 0 Å². The average Bonchev–Trinajstić information content (AvgIpc) is 3.49. The minimum absolute atomic E-state index is 0.0938. The first-order valence-corrected chi connectivity index (χ1v) is 20.1. The van der Waals surface area contributed by atoms with Gasteiger partial charge in [-0.3, -0.25) is 29.3 Å². The van der Waals surface area contributed by atoms with Gasteiger partial charge in [-0.05, 0) is 123 Å². The van der Waals surface area contributed by atoms with E-state index < -0.39 is 0 Å². The highest BCUT2D eigenvalue weighted by Gasteiger charge is 2.36. The number of amides is 2. The summed E-state index contributed by atoms with van der Waals surface area (Å²) >= 11 is 0. The molecule has 0 aliphatic carbocycles. The highest BCUT2D eigenvalue weighted by atomic mass is 16.5. The third kappa shape index (κ3) is 7.10. The van der Waals surface area contributed by atoms with Gasteiger partial charge in [0, 0.05) is 49.7 Å². The smallest absolute Gasteiger partial charge is 0.263 e. The maximum Gasteiger partial charge on any atom is 0.263 e. The number of carbonyl (C=O) groups excluding carboxylic acids is 2. The predicted molar refractivity (Wildman–Crippen MR) is 221 cm³/mol. The van der Waals surface area contributed by atoms with Gasteiger partial charge in [-0.25, -0.2) is 0 Å². The van der Waals surface area contributed by atoms with Crippen molar-refractivity contribution in [2.24, 2.45) is 0 Å². The molecule has 0 fully saturated rings. The Morgan fingerprint density at radius 1 is 0.712 bits per heavy atom. The van der Waals surface area contributed by atoms with Gasteiger partial charge in [0.05, 0.1) is 39.1 Å². The van der Waals surface area contributed by atoms with Crippen LogP contribution in [0.25, 0.3) is 0 Å². The number of carbonyl (C=O) groups is 2. The predicted octanol–water partition coefficient (Wildman–Crippen LogP) is 7.61. The summed E-state index contributed by atoms with van der Waals surface area (Å²) in [5.41, 5.74) is 7.54. The van der Waals surface area contributed by atoms with E-state index in [-0.39, 0.29) is 37.0 Å². The van der Waals surface area contributed by atoms with E-state index in [1.807, 2.05) is 24.3 Å². The van der Waals surface area contributed by atoms with E-state index in [2.05, 4.69) is 65.3 Å². The fraction of sp³-hybridized carbons (Fsp3) is 0.340. The van der Waals surface area contributed by atoms with Crippen molar-refractivity contribution in [3.8, 4) is 46.0 Å². The fourth-order valence-corrected chi connectivity index (χ4v) is 8.97. The Labute approximate surface area is 344 Å². The van der Waals surface area contributed by atoms with Crippen molar-refractivity contribution in [3.05, 3.63) is 124 Å². The summed E-state index contributed by atoms with van der Waals surface area (Å²) < 4.78 is 38.1. The summed E-state index contributed by atoms with van der Waals surface area (Å²) in [5.74, 6) is 4.23. The number of rotatable bonds is 8. The fourth-order valence-electron chi connectivity index (χ4n) is 8.97. The molecule has 12 heteroatoms. The monoisotopic (exact) mass is 796 g/mol. The second kappa shape index (κ2) is 15.9. The van der Waals surface area contributed by atoms with Crippen LogP contribution in [0.4, 0.5) is 0 Å². The van der Waals surface area contributed by atoms with E-state index in [1.165, 1.54) is 34.0 Å². The number of hydrogen-bond donors (Lipinski definition) is 0. The Morgan fingerprint density at radius 3 is 2.17 bits per heavy atom. The van der Waals surface area contributed by atoms with Crippen LogP contribution in [-0.4, -0.2) is 93.2 Å². The van der Waals surface area contributed by atoms with E-state index in [9.17, 15) is 9.59 Å². The molecular weight excluding hydrogens is 749 g/mol. The largest absolute Gasteiger partial charge is 0.493 e. The van der Waals surface area contributed by atoms with Gasteiger partial charge in [-0.1, -0.05) is 18.2 Å². The Kier molecular flexibility index (Phi) is 10.4. The summed E-state index contributed by atoms with van der Waals surface area (Å²) in [6.07, 6.45) is 6.54. The number of benzene rings is 4. The lowest BCUT2D eigenvalue weighted by Crippen LogP contribution is -2.34. The van der Waals surface area contributed by atoms with E-state index in [4.69, 9.17) is 28.4 Å². The van der Waals surface area contributed by atoms with Gasteiger partial charge in [-0.2, -0.15) is 0 Å². The highest BCUT2D eigenvalue weighted by molar-refractivity contribution is 6.21. The van der Waals surface area contributed by atoms with Crippen LogP contribution in [0.1, 0.15) is 72.6 Å². The third-order valence-corrected chi connectivity index (χ3v) is 12.2. The van der Waals surface area contributed by atoms with Gasteiger partial charge >= 0.3 is 0 Å². The minimum atomic E-state index is -0.331. The second-order valence-electron chi connectivity index (χ2n) is 15.6. The van der Waals surface area contributed by atoms with Crippen LogP contribution in [0.5, 0.6) is 46.0 Å². The molecule has 6 heterocycles. The molecule has 0 saturated carbocycles. The summed E-state index contributed by atoms with van der Waals surface area (Å²) in [7, 11) is 9.31. The van der Waals surface area contributed by atoms with Crippen LogP contribution >= 0.6 is 0 Å². The SMILES string of the molecule is COc1cc2c3cc1Oc1c(OC)c(OC)cc4c1[C@@H](Cc1ccc(OCCCN5C(=O)c6ccncc6C5=O)c(c1)Oc1ccc(cc1)C[C@@H]3N(C)CC2)N(C)CC4. The molecule has 5 aromatic rings. The van der Waals surface area contributed by atoms with Crippen LogP contribution in [0, 0.1) is 0 Å². The van der Waals surface area contributed by atoms with Crippen molar-refractivity contribution in [1.82, 2.24) is 19.7 Å². The Morgan fingerprint density at radius 2 is 1.41 bits per heavy atom. The van der Waals surface area contributed by atoms with Crippen LogP contribution < -0.4 is 28.4 Å². The molecule has 6 bridgehead atoms. The number of methoxy groups -OCH3 is 3. The minimum Gasteiger partial charge on any atom is -0.493 e. The number of pyridine rings is 1. The molecule has 0 radical (unpaired) electrons. The summed E-state index contributed by atoms with van der Waals surface area (Å²) in [5, 5.41) is 0. The van der Waals surface area contributed by atoms with Gasteiger partial charge in [0.1, 0.15) is 5.75 Å². The third-order valence-electron chi connectivity index (χ3n) is 12.2. The quantitative estimate of drug-likeness (QED) is 0.114. The van der Waals surface area contributed by atoms with Crippen molar-refractivity contribution < 1.29 is 38.0 Å². The van der Waals surface area contributed by atoms with Gasteiger partial charge < -0.3 is 28.4 Å². The Bertz CT molecular complexity index is 2400. The van der Waals surface area contributed by atoms with Gasteiger partial charge in [0.25, 0.3) is 11.8 Å². The maximum absolute atomic E-state index is 12.9. The number of ether oxygens (including phenoxy) is 6. The van der Waals surface area contributed by atoms with E-state index in [0.717, 1.165) is 49.0 Å². The van der Waals surface area contributed by atoms with Crippen molar-refractivity contribution in [2.75, 3.05) is 61.7 Å². The lowest BCUT2D eigenvalue weighted by atomic mass is 9.87. The zero-order valence-corrected chi connectivity index (χ0v) is 34.1. The van der Waals surface area contributed by atoms with E-state index >= 15 is 0 Å². The van der Waals surface area contributed by atoms with Gasteiger partial charge in [0.15, 0.2) is 34.5 Å². The summed E-state index contributed by atoms with van der Waals surface area (Å²) in [4.78, 5) is 35.9. The highest BCUT2D eigenvalue weighted by Crippen LogP contribution is 2.52. The molecule has 5 aliphatic heterocycles. The zero-order chi connectivity index (χ0) is 40.8. The van der Waals surface area contributed by atoms with Crippen LogP contribution in [0.3, 0.4) is 0 Å². The van der Waals surface area contributed by atoms with E-state index in [1.54, 1.807) is 27.4 Å². The molecular formula is C47H48N4O8. The molecule has 0 N–H and O–H groups in total. The van der Waals surface area contributed by atoms with Gasteiger partial charge in [-0.15, -0.1) is 0 Å². The summed E-state index contributed by atoms with van der Waals surface area (Å²) in [6, 6.07) is 22.3. The molecule has 2 atom stereocenters.